The lowest BCUT2D eigenvalue weighted by Gasteiger charge is -2.26. The Labute approximate surface area is 206 Å². The van der Waals surface area contributed by atoms with Crippen LogP contribution in [0.2, 0.25) is 0 Å². The van der Waals surface area contributed by atoms with Gasteiger partial charge in [0.25, 0.3) is 5.56 Å². The number of aryl methyl sites for hydroxylation is 2. The minimum Gasteiger partial charge on any atom is -0.486 e. The number of ether oxygens (including phenoxy) is 2. The summed E-state index contributed by atoms with van der Waals surface area (Å²) in [5.74, 6) is 0.991. The van der Waals surface area contributed by atoms with E-state index in [0.29, 0.717) is 43.0 Å². The zero-order valence-electron chi connectivity index (χ0n) is 19.4. The maximum atomic E-state index is 13.0. The molecule has 10 heteroatoms. The first kappa shape index (κ1) is 23.3. The van der Waals surface area contributed by atoms with Gasteiger partial charge in [-0.05, 0) is 49.8 Å². The maximum absolute atomic E-state index is 13.0. The third-order valence-electron chi connectivity index (χ3n) is 6.25. The molecular formula is C25H28N4O5S. The summed E-state index contributed by atoms with van der Waals surface area (Å²) in [4.78, 5) is 43.9. The monoisotopic (exact) mass is 496 g/mol. The fourth-order valence-electron chi connectivity index (χ4n) is 4.46. The number of aromatic nitrogens is 2. The Morgan fingerprint density at radius 3 is 2.83 bits per heavy atom. The van der Waals surface area contributed by atoms with E-state index in [1.165, 1.54) is 15.8 Å². The molecule has 1 aliphatic heterocycles. The molecule has 1 aliphatic carbocycles. The smallest absolute Gasteiger partial charge is 0.262 e. The molecule has 2 N–H and O–H groups in total. The Bertz CT molecular complexity index is 1300. The fourth-order valence-corrected chi connectivity index (χ4v) is 5.68. The molecule has 35 heavy (non-hydrogen) atoms. The van der Waals surface area contributed by atoms with E-state index in [0.717, 1.165) is 36.1 Å². The van der Waals surface area contributed by atoms with Crippen LogP contribution in [0, 0.1) is 0 Å². The second-order valence-electron chi connectivity index (χ2n) is 8.82. The van der Waals surface area contributed by atoms with Crippen molar-refractivity contribution in [1.82, 2.24) is 20.2 Å². The van der Waals surface area contributed by atoms with Gasteiger partial charge in [-0.25, -0.2) is 4.98 Å². The van der Waals surface area contributed by atoms with Gasteiger partial charge in [0.1, 0.15) is 24.1 Å². The molecule has 5 rings (SSSR count). The van der Waals surface area contributed by atoms with E-state index in [4.69, 9.17) is 9.47 Å². The fraction of sp³-hybridized carbons (Fsp3) is 0.440. The molecule has 2 amide bonds. The van der Waals surface area contributed by atoms with Crippen molar-refractivity contribution in [2.24, 2.45) is 0 Å². The quantitative estimate of drug-likeness (QED) is 0.463. The first-order chi connectivity index (χ1) is 17.1. The van der Waals surface area contributed by atoms with E-state index in [9.17, 15) is 14.4 Å². The van der Waals surface area contributed by atoms with Crippen LogP contribution in [0.25, 0.3) is 10.2 Å². The second-order valence-corrected chi connectivity index (χ2v) is 9.91. The van der Waals surface area contributed by atoms with Crippen LogP contribution in [0.5, 0.6) is 11.5 Å². The van der Waals surface area contributed by atoms with E-state index < -0.39 is 0 Å². The molecule has 1 atom stereocenters. The summed E-state index contributed by atoms with van der Waals surface area (Å²) >= 11 is 1.59. The molecule has 0 saturated carbocycles. The molecular weight excluding hydrogens is 468 g/mol. The predicted molar refractivity (Wildman–Crippen MR) is 132 cm³/mol. The Morgan fingerprint density at radius 1 is 1.11 bits per heavy atom. The van der Waals surface area contributed by atoms with Gasteiger partial charge in [-0.1, -0.05) is 12.1 Å². The summed E-state index contributed by atoms with van der Waals surface area (Å²) in [6, 6.07) is 7.44. The molecule has 0 fully saturated rings. The largest absolute Gasteiger partial charge is 0.486 e. The number of thiophene rings is 1. The molecule has 9 nitrogen and oxygen atoms in total. The van der Waals surface area contributed by atoms with Crippen molar-refractivity contribution in [3.8, 4) is 11.5 Å². The Morgan fingerprint density at radius 2 is 1.94 bits per heavy atom. The molecule has 0 unspecified atom stereocenters. The molecule has 0 radical (unpaired) electrons. The van der Waals surface area contributed by atoms with Crippen LogP contribution in [-0.2, 0) is 29.0 Å². The standard InChI is InChI=1S/C25H28N4O5S/c30-21(27-12-16-14-33-18-7-2-3-8-19(18)34-16)10-5-11-26-22(31)13-29-15-28-24-23(25(29)32)17-6-1-4-9-20(17)35-24/h2-3,7-8,15-16H,1,4-6,9-14H2,(H,26,31)(H,27,30)/t16-/m1/s1. The lowest BCUT2D eigenvalue weighted by atomic mass is 9.97. The number of carbonyl (C=O) groups is 2. The molecule has 2 aliphatic rings. The summed E-state index contributed by atoms with van der Waals surface area (Å²) in [5, 5.41) is 6.31. The van der Waals surface area contributed by atoms with Crippen molar-refractivity contribution >= 4 is 33.4 Å². The van der Waals surface area contributed by atoms with Crippen molar-refractivity contribution in [3.05, 3.63) is 51.4 Å². The third kappa shape index (κ3) is 5.32. The van der Waals surface area contributed by atoms with Crippen LogP contribution < -0.4 is 25.7 Å². The van der Waals surface area contributed by atoms with Crippen molar-refractivity contribution in [1.29, 1.82) is 0 Å². The molecule has 184 valence electrons. The summed E-state index contributed by atoms with van der Waals surface area (Å²) in [7, 11) is 0. The molecule has 0 spiro atoms. The minimum absolute atomic E-state index is 0.0842. The summed E-state index contributed by atoms with van der Waals surface area (Å²) < 4.78 is 12.8. The van der Waals surface area contributed by atoms with E-state index in [1.807, 2.05) is 24.3 Å². The van der Waals surface area contributed by atoms with Gasteiger partial charge in [0.2, 0.25) is 11.8 Å². The van der Waals surface area contributed by atoms with Crippen LogP contribution in [-0.4, -0.2) is 47.2 Å². The SMILES string of the molecule is O=C(CCCNC(=O)Cn1cnc2sc3c(c2c1=O)CCCC3)NC[C@@H]1COc2ccccc2O1. The zero-order valence-corrected chi connectivity index (χ0v) is 20.2. The number of rotatable bonds is 8. The number of amides is 2. The number of nitrogens with one attached hydrogen (secondary N) is 2. The molecule has 3 aromatic rings. The van der Waals surface area contributed by atoms with Gasteiger partial charge >= 0.3 is 0 Å². The summed E-state index contributed by atoms with van der Waals surface area (Å²) in [6.07, 6.45) is 6.10. The van der Waals surface area contributed by atoms with E-state index in [-0.39, 0.29) is 36.4 Å². The Balaban J connectivity index is 1.04. The summed E-state index contributed by atoms with van der Waals surface area (Å²) in [5.41, 5.74) is 0.962. The van der Waals surface area contributed by atoms with Crippen molar-refractivity contribution < 1.29 is 19.1 Å². The maximum Gasteiger partial charge on any atom is 0.262 e. The Kier molecular flexibility index (Phi) is 6.98. The lowest BCUT2D eigenvalue weighted by Crippen LogP contribution is -2.40. The molecule has 1 aromatic carbocycles. The highest BCUT2D eigenvalue weighted by atomic mass is 32.1. The average Bonchev–Trinajstić information content (AvgIpc) is 3.26. The predicted octanol–water partition coefficient (Wildman–Crippen LogP) is 2.19. The number of benzene rings is 1. The van der Waals surface area contributed by atoms with E-state index >= 15 is 0 Å². The number of nitrogens with zero attached hydrogens (tertiary/aromatic N) is 2. The zero-order chi connectivity index (χ0) is 24.2. The van der Waals surface area contributed by atoms with Crippen LogP contribution in [0.4, 0.5) is 0 Å². The lowest BCUT2D eigenvalue weighted by molar-refractivity contribution is -0.123. The number of carbonyl (C=O) groups excluding carboxylic acids is 2. The summed E-state index contributed by atoms with van der Waals surface area (Å²) in [6.45, 7) is 0.992. The molecule has 3 heterocycles. The highest BCUT2D eigenvalue weighted by Crippen LogP contribution is 2.33. The number of hydrogen-bond acceptors (Lipinski definition) is 7. The van der Waals surface area contributed by atoms with Crippen LogP contribution >= 0.6 is 11.3 Å². The number of hydrogen-bond donors (Lipinski definition) is 2. The van der Waals surface area contributed by atoms with Crippen molar-refractivity contribution in [2.75, 3.05) is 19.7 Å². The number of para-hydroxylation sites is 2. The third-order valence-corrected chi connectivity index (χ3v) is 7.45. The van der Waals surface area contributed by atoms with Gasteiger partial charge in [0.15, 0.2) is 11.5 Å². The first-order valence-electron chi connectivity index (χ1n) is 12.0. The first-order valence-corrected chi connectivity index (χ1v) is 12.8. The normalized spacial score (nSPS) is 16.5. The van der Waals surface area contributed by atoms with Crippen molar-refractivity contribution in [2.45, 2.75) is 51.2 Å². The molecule has 0 saturated heterocycles. The van der Waals surface area contributed by atoms with Gasteiger partial charge in [0.05, 0.1) is 18.3 Å². The minimum atomic E-state index is -0.274. The highest BCUT2D eigenvalue weighted by Gasteiger charge is 2.22. The van der Waals surface area contributed by atoms with Gasteiger partial charge in [0, 0.05) is 17.8 Å². The Hall–Kier alpha value is -3.40. The van der Waals surface area contributed by atoms with Gasteiger partial charge in [-0.3, -0.25) is 19.0 Å². The van der Waals surface area contributed by atoms with Crippen LogP contribution in [0.3, 0.4) is 0 Å². The topological polar surface area (TPSA) is 112 Å². The van der Waals surface area contributed by atoms with Crippen LogP contribution in [0.15, 0.2) is 35.4 Å². The van der Waals surface area contributed by atoms with Gasteiger partial charge in [-0.15, -0.1) is 11.3 Å². The van der Waals surface area contributed by atoms with Gasteiger partial charge in [-0.2, -0.15) is 0 Å². The molecule has 0 bridgehead atoms. The van der Waals surface area contributed by atoms with Crippen molar-refractivity contribution in [3.63, 3.8) is 0 Å². The van der Waals surface area contributed by atoms with E-state index in [2.05, 4.69) is 15.6 Å². The molecule has 2 aromatic heterocycles. The van der Waals surface area contributed by atoms with Gasteiger partial charge < -0.3 is 20.1 Å². The second kappa shape index (κ2) is 10.5. The highest BCUT2D eigenvalue weighted by molar-refractivity contribution is 7.18. The van der Waals surface area contributed by atoms with Crippen LogP contribution in [0.1, 0.15) is 36.1 Å². The van der Waals surface area contributed by atoms with E-state index in [1.54, 1.807) is 11.3 Å². The average molecular weight is 497 g/mol. The number of fused-ring (bicyclic) bond motifs is 4.